The van der Waals surface area contributed by atoms with E-state index in [4.69, 9.17) is 25.9 Å². The zero-order valence-electron chi connectivity index (χ0n) is 33.1. The summed E-state index contributed by atoms with van der Waals surface area (Å²) in [5.74, 6) is 5.49. The van der Waals surface area contributed by atoms with Crippen LogP contribution >= 0.6 is 0 Å². The first kappa shape index (κ1) is 42.7. The average molecular weight is 818 g/mol. The summed E-state index contributed by atoms with van der Waals surface area (Å²) in [7, 11) is -4.82. The molecule has 11 rings (SSSR count). The maximum Gasteiger partial charge on any atom is 1.00 e. The first-order valence-corrected chi connectivity index (χ1v) is 21.7. The zero-order valence-corrected chi connectivity index (χ0v) is 35.9. The minimum Gasteiger partial charge on any atom is -0.748 e. The number of aliphatic hydroxyl groups excluding tert-OH is 1. The topological polar surface area (TPSA) is 201 Å². The Hall–Kier alpha value is -3.38. The van der Waals surface area contributed by atoms with E-state index in [1.807, 2.05) is 48.5 Å². The molecule has 8 aliphatic rings. The summed E-state index contributed by atoms with van der Waals surface area (Å²) in [5.41, 5.74) is 14.7. The third-order valence-corrected chi connectivity index (χ3v) is 14.4. The summed E-state index contributed by atoms with van der Waals surface area (Å²) in [6.45, 7) is -0.0681. The van der Waals surface area contributed by atoms with Gasteiger partial charge in [-0.15, -0.1) is 0 Å². The third kappa shape index (κ3) is 9.03. The molecule has 2 aliphatic carbocycles. The van der Waals surface area contributed by atoms with Gasteiger partial charge in [-0.05, 0) is 116 Å². The van der Waals surface area contributed by atoms with E-state index >= 15 is 0 Å². The van der Waals surface area contributed by atoms with E-state index in [0.29, 0.717) is 74.7 Å². The van der Waals surface area contributed by atoms with E-state index in [0.717, 1.165) is 35.1 Å². The van der Waals surface area contributed by atoms with Crippen molar-refractivity contribution in [3.05, 3.63) is 106 Å². The fourth-order valence-electron chi connectivity index (χ4n) is 10.3. The molecule has 3 aromatic carbocycles. The molecule has 0 amide bonds. The molecule has 8 bridgehead atoms. The molecule has 8 unspecified atom stereocenters. The first-order valence-electron chi connectivity index (χ1n) is 20.3. The van der Waals surface area contributed by atoms with E-state index in [-0.39, 0.29) is 78.2 Å². The summed E-state index contributed by atoms with van der Waals surface area (Å²) in [5, 5.41) is 31.1. The number of allylic oxidation sites excluding steroid dienone is 1. The van der Waals surface area contributed by atoms with Crippen molar-refractivity contribution in [3.8, 4) is 23.3 Å². The van der Waals surface area contributed by atoms with Crippen LogP contribution in [0.15, 0.2) is 83.4 Å². The van der Waals surface area contributed by atoms with Crippen LogP contribution < -0.4 is 45.8 Å². The maximum atomic E-state index is 13.5. The van der Waals surface area contributed by atoms with E-state index in [2.05, 4.69) is 11.8 Å². The number of aryl methyl sites for hydroxylation is 1. The van der Waals surface area contributed by atoms with Crippen LogP contribution in [0.3, 0.4) is 0 Å². The molecule has 6 aliphatic heterocycles. The molecule has 1 saturated heterocycles. The molecule has 1 saturated carbocycles. The van der Waals surface area contributed by atoms with Crippen molar-refractivity contribution in [1.82, 2.24) is 0 Å². The Morgan fingerprint density at radius 3 is 2.43 bits per heavy atom. The van der Waals surface area contributed by atoms with Gasteiger partial charge in [-0.2, -0.15) is 0 Å². The first-order chi connectivity index (χ1) is 27.3. The Balaban J connectivity index is 0.00000512. The van der Waals surface area contributed by atoms with Crippen LogP contribution in [-0.4, -0.2) is 57.8 Å². The molecule has 6 heterocycles. The number of fused-ring (bicyclic) bond motifs is 7. The predicted octanol–water partition coefficient (Wildman–Crippen LogP) is 2.78. The summed E-state index contributed by atoms with van der Waals surface area (Å²) < 4.78 is 54.3. The summed E-state index contributed by atoms with van der Waals surface area (Å²) in [6, 6.07) is 20.2. The molecule has 11 nitrogen and oxygen atoms in total. The van der Waals surface area contributed by atoms with Crippen LogP contribution in [0.5, 0.6) is 11.5 Å². The van der Waals surface area contributed by atoms with E-state index in [1.54, 1.807) is 24.3 Å². The Bertz CT molecular complexity index is 2190. The molecule has 0 radical (unpaired) electrons. The van der Waals surface area contributed by atoms with Gasteiger partial charge >= 0.3 is 29.6 Å². The number of nitrogens with two attached hydrogens (primary N) is 2. The number of aromatic hydroxyl groups is 1. The molecular formula is C45H52N3NaO8S. The summed E-state index contributed by atoms with van der Waals surface area (Å²) in [4.78, 5) is 4.74. The largest absolute Gasteiger partial charge is 1.00 e. The molecule has 58 heavy (non-hydrogen) atoms. The standard InChI is InChI=1S/C45H53N3O8S.Na/c46-43(47)48-45(21-20-44(51)18-1-2-19-44)34-11-9-30(10-12-34)41-32-23-33(26-39(41)40(57(52,53)54)17-8-28-6-14-36(56-45)15-7-28)42-38-16-13-35(50)24-31(38)5-3-4-29(27-49)22-37(25-32)55-42;/h6-7,9-16,24,26,29,32,37,39-42,49-51H,1-2,4,8,17-23,25,27H2,(H4,46,47,48)(H,52,53,54);/q;+1/p-1. The number of rotatable bonds is 6. The van der Waals surface area contributed by atoms with Gasteiger partial charge in [-0.25, -0.2) is 13.4 Å². The molecule has 0 aromatic heterocycles. The normalized spacial score (nSPS) is 29.9. The SMILES string of the molecule is NC(N)=NC1(CCC2(O)CCCC2)Oc2ccc(cc2)CCC(S(=O)(=O)[O-])C2C=C3CC(CC4CC(CO)CC#Cc5cc(O)ccc5C3O4)C2c2ccc1cc2.[Na+]. The Morgan fingerprint density at radius 2 is 1.74 bits per heavy atom. The second kappa shape index (κ2) is 17.3. The molecule has 2 fully saturated rings. The number of hydrogen-bond donors (Lipinski definition) is 5. The van der Waals surface area contributed by atoms with Crippen LogP contribution in [0.4, 0.5) is 0 Å². The number of guanidine groups is 1. The third-order valence-electron chi connectivity index (χ3n) is 13.1. The number of aliphatic imine (C=N–C) groups is 1. The zero-order chi connectivity index (χ0) is 40.0. The summed E-state index contributed by atoms with van der Waals surface area (Å²) >= 11 is 0. The minimum atomic E-state index is -4.82. The maximum absolute atomic E-state index is 13.5. The van der Waals surface area contributed by atoms with Crippen LogP contribution in [0.1, 0.15) is 110 Å². The molecular weight excluding hydrogens is 766 g/mol. The van der Waals surface area contributed by atoms with Crippen molar-refractivity contribution >= 4 is 16.1 Å². The molecule has 3 aromatic rings. The molecule has 302 valence electrons. The van der Waals surface area contributed by atoms with Gasteiger partial charge in [0.1, 0.15) is 17.6 Å². The van der Waals surface area contributed by atoms with Gasteiger partial charge in [0.05, 0.1) is 27.1 Å². The van der Waals surface area contributed by atoms with Crippen molar-refractivity contribution in [2.75, 3.05) is 6.61 Å². The van der Waals surface area contributed by atoms with Gasteiger partial charge < -0.3 is 40.8 Å². The van der Waals surface area contributed by atoms with Crippen molar-refractivity contribution < 1.29 is 67.3 Å². The minimum absolute atomic E-state index is 0. The number of hydrogen-bond acceptors (Lipinski definition) is 9. The average Bonchev–Trinajstić information content (AvgIpc) is 3.56. The van der Waals surface area contributed by atoms with Gasteiger partial charge in [-0.3, -0.25) is 0 Å². The van der Waals surface area contributed by atoms with Crippen molar-refractivity contribution in [3.63, 3.8) is 0 Å². The van der Waals surface area contributed by atoms with Crippen LogP contribution in [0, 0.1) is 29.6 Å². The second-order valence-electron chi connectivity index (χ2n) is 16.9. The van der Waals surface area contributed by atoms with Gasteiger partial charge in [0, 0.05) is 36.1 Å². The Labute approximate surface area is 363 Å². The fraction of sp³-hybridized carbons (Fsp3) is 0.489. The number of nitrogens with zero attached hydrogens (tertiary/aromatic N) is 1. The van der Waals surface area contributed by atoms with Crippen molar-refractivity contribution in [2.45, 2.75) is 112 Å². The van der Waals surface area contributed by atoms with Gasteiger partial charge in [-0.1, -0.05) is 73.2 Å². The smallest absolute Gasteiger partial charge is 0.748 e. The summed E-state index contributed by atoms with van der Waals surface area (Å²) in [6.07, 6.45) is 7.69. The van der Waals surface area contributed by atoms with E-state index in [1.165, 1.54) is 0 Å². The Kier molecular flexibility index (Phi) is 12.8. The van der Waals surface area contributed by atoms with Crippen molar-refractivity contribution in [2.24, 2.45) is 34.2 Å². The predicted molar refractivity (Wildman–Crippen MR) is 215 cm³/mol. The van der Waals surface area contributed by atoms with E-state index < -0.39 is 38.7 Å². The fourth-order valence-corrected chi connectivity index (χ4v) is 11.3. The number of aliphatic hydroxyl groups is 2. The van der Waals surface area contributed by atoms with Crippen LogP contribution in [0.2, 0.25) is 0 Å². The number of phenols is 1. The molecule has 0 spiro atoms. The number of ether oxygens (including phenoxy) is 2. The van der Waals surface area contributed by atoms with Crippen molar-refractivity contribution in [1.29, 1.82) is 0 Å². The number of phenolic OH excluding ortho intramolecular Hbond substituents is 1. The monoisotopic (exact) mass is 817 g/mol. The van der Waals surface area contributed by atoms with Crippen LogP contribution in [-0.2, 0) is 27.0 Å². The Morgan fingerprint density at radius 1 is 1.00 bits per heavy atom. The molecule has 7 N–H and O–H groups in total. The van der Waals surface area contributed by atoms with Crippen LogP contribution in [0.25, 0.3) is 0 Å². The van der Waals surface area contributed by atoms with Gasteiger partial charge in [0.15, 0.2) is 5.96 Å². The number of benzene rings is 3. The van der Waals surface area contributed by atoms with E-state index in [9.17, 15) is 28.3 Å². The van der Waals surface area contributed by atoms with Gasteiger partial charge in [0.2, 0.25) is 5.72 Å². The molecule has 13 heteroatoms. The molecule has 8 atom stereocenters. The second-order valence-corrected chi connectivity index (χ2v) is 18.5. The quantitative estimate of drug-likeness (QED) is 0.0616. The van der Waals surface area contributed by atoms with Gasteiger partial charge in [0.25, 0.3) is 0 Å².